The van der Waals surface area contributed by atoms with E-state index in [1.165, 1.54) is 16.9 Å². The molecule has 0 aliphatic heterocycles. The number of pyridine rings is 2. The quantitative estimate of drug-likeness (QED) is 0.393. The SMILES string of the molecule is CCc1ccc2nc(N(Cc3ccccn3)C(=O)c3c(C)nc4ccccn34)sc2c1. The molecule has 0 saturated heterocycles. The third-order valence-corrected chi connectivity index (χ3v) is 6.32. The molecule has 0 spiro atoms. The van der Waals surface area contributed by atoms with Gasteiger partial charge in [0.15, 0.2) is 5.13 Å². The van der Waals surface area contributed by atoms with Crippen LogP contribution in [-0.2, 0) is 13.0 Å². The number of nitrogens with zero attached hydrogens (tertiary/aromatic N) is 5. The highest BCUT2D eigenvalue weighted by molar-refractivity contribution is 7.22. The number of thiazole rings is 1. The molecule has 1 aromatic carbocycles. The standard InChI is InChI=1S/C24H21N5OS/c1-3-17-10-11-19-20(14-17)31-24(27-19)29(15-18-8-4-6-12-25-18)23(30)22-16(2)26-21-9-5-7-13-28(21)22/h4-14H,3,15H2,1-2H3. The largest absolute Gasteiger partial charge is 0.295 e. The molecule has 0 aliphatic carbocycles. The Kier molecular flexibility index (Phi) is 4.95. The molecule has 4 heterocycles. The second-order valence-electron chi connectivity index (χ2n) is 7.34. The fourth-order valence-electron chi connectivity index (χ4n) is 3.67. The molecule has 5 rings (SSSR count). The molecule has 7 heteroatoms. The Bertz CT molecular complexity index is 1390. The Hall–Kier alpha value is -3.58. The van der Waals surface area contributed by atoms with Crippen LogP contribution in [0.4, 0.5) is 5.13 Å². The van der Waals surface area contributed by atoms with Crippen LogP contribution in [0.25, 0.3) is 15.9 Å². The van der Waals surface area contributed by atoms with Gasteiger partial charge >= 0.3 is 0 Å². The van der Waals surface area contributed by atoms with Gasteiger partial charge < -0.3 is 0 Å². The smallest absolute Gasteiger partial charge is 0.279 e. The zero-order valence-corrected chi connectivity index (χ0v) is 18.1. The maximum Gasteiger partial charge on any atom is 0.279 e. The summed E-state index contributed by atoms with van der Waals surface area (Å²) in [5.74, 6) is -0.142. The number of aromatic nitrogens is 4. The molecule has 0 aliphatic rings. The van der Waals surface area contributed by atoms with Crippen molar-refractivity contribution in [2.24, 2.45) is 0 Å². The molecular formula is C24H21N5OS. The summed E-state index contributed by atoms with van der Waals surface area (Å²) in [5, 5.41) is 0.657. The van der Waals surface area contributed by atoms with Gasteiger partial charge in [0.25, 0.3) is 5.91 Å². The third kappa shape index (κ3) is 3.57. The number of imidazole rings is 1. The van der Waals surface area contributed by atoms with E-state index in [0.29, 0.717) is 23.1 Å². The van der Waals surface area contributed by atoms with Crippen LogP contribution in [0.5, 0.6) is 0 Å². The van der Waals surface area contributed by atoms with Gasteiger partial charge in [-0.2, -0.15) is 0 Å². The predicted octanol–water partition coefficient (Wildman–Crippen LogP) is 5.06. The number of rotatable bonds is 5. The van der Waals surface area contributed by atoms with E-state index < -0.39 is 0 Å². The van der Waals surface area contributed by atoms with E-state index in [1.54, 1.807) is 11.1 Å². The van der Waals surface area contributed by atoms with Crippen molar-refractivity contribution in [3.8, 4) is 0 Å². The van der Waals surface area contributed by atoms with E-state index in [-0.39, 0.29) is 5.91 Å². The van der Waals surface area contributed by atoms with Crippen LogP contribution >= 0.6 is 11.3 Å². The van der Waals surface area contributed by atoms with E-state index >= 15 is 0 Å². The highest BCUT2D eigenvalue weighted by Crippen LogP contribution is 2.32. The molecule has 0 atom stereocenters. The Morgan fingerprint density at radius 1 is 1.10 bits per heavy atom. The fraction of sp³-hybridized carbons (Fsp3) is 0.167. The van der Waals surface area contributed by atoms with Crippen molar-refractivity contribution < 1.29 is 4.79 Å². The predicted molar refractivity (Wildman–Crippen MR) is 124 cm³/mol. The molecule has 0 radical (unpaired) electrons. The number of benzene rings is 1. The van der Waals surface area contributed by atoms with Gasteiger partial charge in [-0.3, -0.25) is 19.1 Å². The topological polar surface area (TPSA) is 63.4 Å². The van der Waals surface area contributed by atoms with Crippen molar-refractivity contribution in [2.45, 2.75) is 26.8 Å². The average molecular weight is 428 g/mol. The molecule has 31 heavy (non-hydrogen) atoms. The molecule has 0 unspecified atom stereocenters. The molecule has 0 N–H and O–H groups in total. The van der Waals surface area contributed by atoms with Gasteiger partial charge in [-0.25, -0.2) is 9.97 Å². The molecule has 1 amide bonds. The third-order valence-electron chi connectivity index (χ3n) is 5.28. The Morgan fingerprint density at radius 2 is 1.97 bits per heavy atom. The second-order valence-corrected chi connectivity index (χ2v) is 8.35. The van der Waals surface area contributed by atoms with E-state index in [1.807, 2.05) is 60.0 Å². The van der Waals surface area contributed by atoms with Crippen LogP contribution in [-0.4, -0.2) is 25.3 Å². The summed E-state index contributed by atoms with van der Waals surface area (Å²) in [7, 11) is 0. The molecule has 0 bridgehead atoms. The zero-order valence-electron chi connectivity index (χ0n) is 17.3. The van der Waals surface area contributed by atoms with Gasteiger partial charge in [0.2, 0.25) is 0 Å². The van der Waals surface area contributed by atoms with Crippen LogP contribution in [0, 0.1) is 6.92 Å². The van der Waals surface area contributed by atoms with E-state index in [4.69, 9.17) is 4.98 Å². The minimum Gasteiger partial charge on any atom is -0.295 e. The monoisotopic (exact) mass is 427 g/mol. The summed E-state index contributed by atoms with van der Waals surface area (Å²) in [6, 6.07) is 17.7. The average Bonchev–Trinajstić information content (AvgIpc) is 3.37. The van der Waals surface area contributed by atoms with Gasteiger partial charge in [0.05, 0.1) is 28.1 Å². The summed E-state index contributed by atoms with van der Waals surface area (Å²) in [5.41, 5.74) is 4.93. The summed E-state index contributed by atoms with van der Waals surface area (Å²) in [4.78, 5) is 29.4. The number of hydrogen-bond donors (Lipinski definition) is 0. The number of amides is 1. The molecule has 6 nitrogen and oxygen atoms in total. The highest BCUT2D eigenvalue weighted by atomic mass is 32.1. The van der Waals surface area contributed by atoms with Gasteiger partial charge in [-0.05, 0) is 55.3 Å². The number of fused-ring (bicyclic) bond motifs is 2. The van der Waals surface area contributed by atoms with Crippen molar-refractivity contribution in [1.29, 1.82) is 0 Å². The number of carbonyl (C=O) groups is 1. The number of carbonyl (C=O) groups excluding carboxylic acids is 1. The highest BCUT2D eigenvalue weighted by Gasteiger charge is 2.26. The first-order chi connectivity index (χ1) is 15.1. The molecule has 0 fully saturated rings. The summed E-state index contributed by atoms with van der Waals surface area (Å²) < 4.78 is 2.91. The Balaban J connectivity index is 1.63. The Morgan fingerprint density at radius 3 is 2.77 bits per heavy atom. The van der Waals surface area contributed by atoms with Crippen LogP contribution in [0.15, 0.2) is 67.0 Å². The number of aryl methyl sites for hydroxylation is 2. The second kappa shape index (κ2) is 7.92. The van der Waals surface area contributed by atoms with Gasteiger partial charge in [0.1, 0.15) is 11.3 Å². The maximum atomic E-state index is 13.8. The molecule has 4 aromatic heterocycles. The molecule has 5 aromatic rings. The lowest BCUT2D eigenvalue weighted by atomic mass is 10.2. The van der Waals surface area contributed by atoms with Crippen LogP contribution in [0.1, 0.15) is 34.4 Å². The maximum absolute atomic E-state index is 13.8. The van der Waals surface area contributed by atoms with Crippen LogP contribution in [0.3, 0.4) is 0 Å². The first kappa shape index (κ1) is 19.4. The van der Waals surface area contributed by atoms with E-state index in [9.17, 15) is 4.79 Å². The Labute approximate surface area is 183 Å². The van der Waals surface area contributed by atoms with Crippen molar-refractivity contribution in [3.63, 3.8) is 0 Å². The minimum absolute atomic E-state index is 0.142. The fourth-order valence-corrected chi connectivity index (χ4v) is 4.70. The lowest BCUT2D eigenvalue weighted by Crippen LogP contribution is -2.32. The number of hydrogen-bond acceptors (Lipinski definition) is 5. The van der Waals surface area contributed by atoms with Crippen molar-refractivity contribution >= 4 is 38.2 Å². The lowest BCUT2D eigenvalue weighted by molar-refractivity contribution is 0.0978. The molecular weight excluding hydrogens is 406 g/mol. The zero-order chi connectivity index (χ0) is 21.4. The van der Waals surface area contributed by atoms with Crippen molar-refractivity contribution in [1.82, 2.24) is 19.4 Å². The van der Waals surface area contributed by atoms with Crippen LogP contribution in [0.2, 0.25) is 0 Å². The lowest BCUT2D eigenvalue weighted by Gasteiger charge is -2.19. The van der Waals surface area contributed by atoms with Crippen LogP contribution < -0.4 is 4.90 Å². The van der Waals surface area contributed by atoms with Gasteiger partial charge in [0, 0.05) is 12.4 Å². The summed E-state index contributed by atoms with van der Waals surface area (Å²) in [6.45, 7) is 4.33. The van der Waals surface area contributed by atoms with Crippen molar-refractivity contribution in [2.75, 3.05) is 4.90 Å². The first-order valence-corrected chi connectivity index (χ1v) is 11.0. The normalized spacial score (nSPS) is 11.3. The molecule has 0 saturated carbocycles. The molecule has 154 valence electrons. The van der Waals surface area contributed by atoms with Gasteiger partial charge in [-0.1, -0.05) is 36.5 Å². The van der Waals surface area contributed by atoms with Crippen molar-refractivity contribution in [3.05, 3.63) is 89.6 Å². The van der Waals surface area contributed by atoms with E-state index in [0.717, 1.165) is 28.0 Å². The van der Waals surface area contributed by atoms with Gasteiger partial charge in [-0.15, -0.1) is 0 Å². The minimum atomic E-state index is -0.142. The number of anilines is 1. The first-order valence-electron chi connectivity index (χ1n) is 10.2. The van der Waals surface area contributed by atoms with E-state index in [2.05, 4.69) is 29.0 Å². The summed E-state index contributed by atoms with van der Waals surface area (Å²) in [6.07, 6.45) is 4.57. The summed E-state index contributed by atoms with van der Waals surface area (Å²) >= 11 is 1.53.